The predicted molar refractivity (Wildman–Crippen MR) is 68.9 cm³/mol. The fourth-order valence-electron chi connectivity index (χ4n) is 2.44. The maximum atomic E-state index is 13.3. The maximum Gasteiger partial charge on any atom is 0.159 e. The largest absolute Gasteiger partial charge is 0.372 e. The van der Waals surface area contributed by atoms with Gasteiger partial charge < -0.3 is 15.0 Å². The van der Waals surface area contributed by atoms with Crippen molar-refractivity contribution in [3.05, 3.63) is 53.6 Å². The molecule has 1 aromatic heterocycles. The third-order valence-electron chi connectivity index (χ3n) is 3.45. The van der Waals surface area contributed by atoms with Crippen LogP contribution in [0.15, 0.2) is 30.6 Å². The highest BCUT2D eigenvalue weighted by Gasteiger charge is 2.29. The molecule has 0 unspecified atom stereocenters. The van der Waals surface area contributed by atoms with Crippen LogP contribution in [0.1, 0.15) is 23.9 Å². The van der Waals surface area contributed by atoms with Gasteiger partial charge in [0.1, 0.15) is 5.82 Å². The highest BCUT2D eigenvalue weighted by Crippen LogP contribution is 2.30. The molecule has 20 heavy (non-hydrogen) atoms. The Hall–Kier alpha value is -1.79. The fourth-order valence-corrected chi connectivity index (χ4v) is 2.44. The molecule has 0 radical (unpaired) electrons. The summed E-state index contributed by atoms with van der Waals surface area (Å²) in [6.45, 7) is 1.18. The van der Waals surface area contributed by atoms with Crippen LogP contribution < -0.4 is 5.32 Å². The van der Waals surface area contributed by atoms with E-state index in [2.05, 4.69) is 15.3 Å². The highest BCUT2D eigenvalue weighted by atomic mass is 19.2. The second kappa shape index (κ2) is 5.68. The minimum Gasteiger partial charge on any atom is -0.372 e. The molecule has 1 aromatic carbocycles. The zero-order valence-corrected chi connectivity index (χ0v) is 10.8. The van der Waals surface area contributed by atoms with Gasteiger partial charge in [0.2, 0.25) is 0 Å². The van der Waals surface area contributed by atoms with Gasteiger partial charge in [-0.25, -0.2) is 13.8 Å². The molecule has 0 saturated carbocycles. The third kappa shape index (κ3) is 2.71. The quantitative estimate of drug-likeness (QED) is 0.903. The maximum absolute atomic E-state index is 13.3. The summed E-state index contributed by atoms with van der Waals surface area (Å²) >= 11 is 0. The first-order valence-corrected chi connectivity index (χ1v) is 6.52. The Labute approximate surface area is 115 Å². The number of aromatic amines is 1. The second-order valence-corrected chi connectivity index (χ2v) is 4.78. The van der Waals surface area contributed by atoms with Gasteiger partial charge in [-0.05, 0) is 24.1 Å². The molecule has 1 aliphatic rings. The normalized spacial score (nSPS) is 22.3. The van der Waals surface area contributed by atoms with Crippen molar-refractivity contribution in [2.75, 3.05) is 6.61 Å². The summed E-state index contributed by atoms with van der Waals surface area (Å²) in [5, 5.41) is 3.33. The highest BCUT2D eigenvalue weighted by molar-refractivity contribution is 5.22. The molecule has 6 heteroatoms. The number of imidazole rings is 1. The van der Waals surface area contributed by atoms with Crippen LogP contribution in [0.25, 0.3) is 0 Å². The van der Waals surface area contributed by atoms with Crippen molar-refractivity contribution in [1.29, 1.82) is 0 Å². The van der Waals surface area contributed by atoms with Crippen LogP contribution in [-0.4, -0.2) is 22.6 Å². The van der Waals surface area contributed by atoms with Gasteiger partial charge in [0, 0.05) is 25.0 Å². The van der Waals surface area contributed by atoms with Gasteiger partial charge >= 0.3 is 0 Å². The van der Waals surface area contributed by atoms with Gasteiger partial charge in [-0.15, -0.1) is 0 Å². The van der Waals surface area contributed by atoms with E-state index in [9.17, 15) is 8.78 Å². The lowest BCUT2D eigenvalue weighted by Gasteiger charge is -2.20. The molecule has 1 fully saturated rings. The Bertz CT molecular complexity index is 574. The zero-order valence-electron chi connectivity index (χ0n) is 10.8. The number of hydrogen-bond donors (Lipinski definition) is 2. The van der Waals surface area contributed by atoms with Crippen molar-refractivity contribution >= 4 is 0 Å². The number of benzene rings is 1. The zero-order chi connectivity index (χ0) is 13.9. The van der Waals surface area contributed by atoms with E-state index in [1.165, 1.54) is 6.07 Å². The molecule has 0 amide bonds. The SMILES string of the molecule is Fc1ccc([C@H]2OCC[C@@H]2NCc2ncc[nH]2)cc1F. The van der Waals surface area contributed by atoms with E-state index in [1.807, 2.05) is 0 Å². The van der Waals surface area contributed by atoms with E-state index in [1.54, 1.807) is 18.5 Å². The Morgan fingerprint density at radius 1 is 1.35 bits per heavy atom. The summed E-state index contributed by atoms with van der Waals surface area (Å²) < 4.78 is 31.9. The number of ether oxygens (including phenoxy) is 1. The molecule has 2 N–H and O–H groups in total. The summed E-state index contributed by atoms with van der Waals surface area (Å²) in [6.07, 6.45) is 4.01. The third-order valence-corrected chi connectivity index (χ3v) is 3.45. The average molecular weight is 279 g/mol. The number of nitrogens with zero attached hydrogens (tertiary/aromatic N) is 1. The summed E-state index contributed by atoms with van der Waals surface area (Å²) in [4.78, 5) is 7.14. The van der Waals surface area contributed by atoms with Gasteiger partial charge in [-0.3, -0.25) is 0 Å². The van der Waals surface area contributed by atoms with Gasteiger partial charge in [-0.1, -0.05) is 6.07 Å². The second-order valence-electron chi connectivity index (χ2n) is 4.78. The van der Waals surface area contributed by atoms with Crippen LogP contribution >= 0.6 is 0 Å². The van der Waals surface area contributed by atoms with Crippen LogP contribution in [0.5, 0.6) is 0 Å². The van der Waals surface area contributed by atoms with Gasteiger partial charge in [0.15, 0.2) is 11.6 Å². The van der Waals surface area contributed by atoms with Crippen LogP contribution in [0.2, 0.25) is 0 Å². The molecule has 2 heterocycles. The molecule has 1 saturated heterocycles. The van der Waals surface area contributed by atoms with E-state index in [0.29, 0.717) is 18.7 Å². The summed E-state index contributed by atoms with van der Waals surface area (Å²) in [7, 11) is 0. The number of H-pyrrole nitrogens is 1. The smallest absolute Gasteiger partial charge is 0.159 e. The number of aromatic nitrogens is 2. The van der Waals surface area contributed by atoms with Crippen LogP contribution in [0.4, 0.5) is 8.78 Å². The fraction of sp³-hybridized carbons (Fsp3) is 0.357. The lowest BCUT2D eigenvalue weighted by Crippen LogP contribution is -2.31. The average Bonchev–Trinajstić information content (AvgIpc) is 3.10. The van der Waals surface area contributed by atoms with E-state index in [-0.39, 0.29) is 12.1 Å². The lowest BCUT2D eigenvalue weighted by molar-refractivity contribution is 0.0980. The first kappa shape index (κ1) is 13.2. The molecule has 1 aliphatic heterocycles. The lowest BCUT2D eigenvalue weighted by atomic mass is 10.0. The van der Waals surface area contributed by atoms with Crippen molar-refractivity contribution in [2.45, 2.75) is 25.1 Å². The Morgan fingerprint density at radius 2 is 2.25 bits per heavy atom. The van der Waals surface area contributed by atoms with E-state index < -0.39 is 11.6 Å². The summed E-state index contributed by atoms with van der Waals surface area (Å²) in [5.74, 6) is -0.851. The molecule has 2 aromatic rings. The number of nitrogens with one attached hydrogen (secondary N) is 2. The van der Waals surface area contributed by atoms with E-state index in [0.717, 1.165) is 18.3 Å². The molecule has 0 bridgehead atoms. The molecule has 2 atom stereocenters. The van der Waals surface area contributed by atoms with Crippen molar-refractivity contribution in [3.63, 3.8) is 0 Å². The minimum atomic E-state index is -0.845. The van der Waals surface area contributed by atoms with Crippen molar-refractivity contribution in [1.82, 2.24) is 15.3 Å². The summed E-state index contributed by atoms with van der Waals surface area (Å²) in [5.41, 5.74) is 0.651. The monoisotopic (exact) mass is 279 g/mol. The minimum absolute atomic E-state index is 0.0601. The molecule has 106 valence electrons. The Morgan fingerprint density at radius 3 is 3.00 bits per heavy atom. The van der Waals surface area contributed by atoms with Crippen LogP contribution in [0, 0.1) is 11.6 Å². The van der Waals surface area contributed by atoms with E-state index in [4.69, 9.17) is 4.74 Å². The standard InChI is InChI=1S/C14H15F2N3O/c15-10-2-1-9(7-11(10)16)14-12(3-6-20-14)19-8-13-17-4-5-18-13/h1-2,4-5,7,12,14,19H,3,6,8H2,(H,17,18)/t12-,14+/m0/s1. The van der Waals surface area contributed by atoms with Crippen molar-refractivity contribution in [3.8, 4) is 0 Å². The van der Waals surface area contributed by atoms with Crippen molar-refractivity contribution in [2.24, 2.45) is 0 Å². The van der Waals surface area contributed by atoms with Crippen LogP contribution in [-0.2, 0) is 11.3 Å². The Kier molecular flexibility index (Phi) is 3.75. The predicted octanol–water partition coefficient (Wildman–Crippen LogP) is 2.31. The van der Waals surface area contributed by atoms with Gasteiger partial charge in [0.05, 0.1) is 12.6 Å². The number of halogens is 2. The topological polar surface area (TPSA) is 49.9 Å². The Balaban J connectivity index is 1.69. The molecule has 3 rings (SSSR count). The molecular formula is C14H15F2N3O. The molecule has 4 nitrogen and oxygen atoms in total. The summed E-state index contributed by atoms with van der Waals surface area (Å²) in [6, 6.07) is 3.96. The molecule has 0 spiro atoms. The first-order chi connectivity index (χ1) is 9.74. The molecule has 0 aliphatic carbocycles. The van der Waals surface area contributed by atoms with E-state index >= 15 is 0 Å². The van der Waals surface area contributed by atoms with Gasteiger partial charge in [0.25, 0.3) is 0 Å². The van der Waals surface area contributed by atoms with Crippen molar-refractivity contribution < 1.29 is 13.5 Å². The van der Waals surface area contributed by atoms with Crippen LogP contribution in [0.3, 0.4) is 0 Å². The first-order valence-electron chi connectivity index (χ1n) is 6.52. The molecular weight excluding hydrogens is 264 g/mol. The van der Waals surface area contributed by atoms with Gasteiger partial charge in [-0.2, -0.15) is 0 Å². The number of rotatable bonds is 4. The number of hydrogen-bond acceptors (Lipinski definition) is 3.